The molecule has 0 radical (unpaired) electrons. The van der Waals surface area contributed by atoms with Crippen molar-refractivity contribution in [2.45, 2.75) is 26.2 Å². The molecule has 2 aromatic heterocycles. The summed E-state index contributed by atoms with van der Waals surface area (Å²) < 4.78 is 9.13. The zero-order valence-corrected chi connectivity index (χ0v) is 16.6. The SMILES string of the molecule is CCCCC(=O)Nc1ccc2c(c1)nc(-c1c(OC)c(C(N)=O)cn1C)n2C. The molecule has 0 aliphatic carbocycles. The lowest BCUT2D eigenvalue weighted by Crippen LogP contribution is -2.11. The minimum atomic E-state index is -0.561. The van der Waals surface area contributed by atoms with Crippen LogP contribution in [-0.4, -0.2) is 33.0 Å². The molecular weight excluding hydrogens is 358 g/mol. The molecule has 1 aromatic carbocycles. The number of nitrogens with one attached hydrogen (secondary N) is 1. The molecule has 8 nitrogen and oxygen atoms in total. The molecule has 0 bridgehead atoms. The molecule has 0 unspecified atom stereocenters. The van der Waals surface area contributed by atoms with Crippen LogP contribution in [0.2, 0.25) is 0 Å². The highest BCUT2D eigenvalue weighted by molar-refractivity contribution is 5.98. The van der Waals surface area contributed by atoms with Crippen molar-refractivity contribution in [3.05, 3.63) is 30.0 Å². The van der Waals surface area contributed by atoms with Crippen LogP contribution < -0.4 is 15.8 Å². The molecule has 3 N–H and O–H groups in total. The molecule has 0 aliphatic heterocycles. The standard InChI is InChI=1S/C20H25N5O3/c1-5-6-7-16(26)22-12-8-9-15-14(10-12)23-20(25(15)3)17-18(28-4)13(19(21)27)11-24(17)2/h8-11H,5-7H2,1-4H3,(H2,21,27)(H,22,26). The molecule has 3 aromatic rings. The average molecular weight is 383 g/mol. The molecular formula is C20H25N5O3. The Kier molecular flexibility index (Phi) is 5.39. The Balaban J connectivity index is 2.04. The van der Waals surface area contributed by atoms with Crippen molar-refractivity contribution >= 4 is 28.5 Å². The number of primary amides is 1. The lowest BCUT2D eigenvalue weighted by molar-refractivity contribution is -0.116. The second-order valence-electron chi connectivity index (χ2n) is 6.75. The number of benzene rings is 1. The molecule has 0 spiro atoms. The van der Waals surface area contributed by atoms with E-state index >= 15 is 0 Å². The molecule has 28 heavy (non-hydrogen) atoms. The molecule has 0 saturated heterocycles. The van der Waals surface area contributed by atoms with Crippen molar-refractivity contribution in [1.82, 2.24) is 14.1 Å². The smallest absolute Gasteiger partial charge is 0.254 e. The van der Waals surface area contributed by atoms with Crippen molar-refractivity contribution in [3.8, 4) is 17.3 Å². The number of unbranched alkanes of at least 4 members (excludes halogenated alkanes) is 1. The van der Waals surface area contributed by atoms with Gasteiger partial charge in [0.1, 0.15) is 5.69 Å². The van der Waals surface area contributed by atoms with E-state index in [9.17, 15) is 9.59 Å². The number of aromatic nitrogens is 3. The third-order valence-electron chi connectivity index (χ3n) is 4.74. The van der Waals surface area contributed by atoms with Crippen LogP contribution in [0.4, 0.5) is 5.69 Å². The summed E-state index contributed by atoms with van der Waals surface area (Å²) in [6.45, 7) is 2.05. The molecule has 3 rings (SSSR count). The number of aryl methyl sites for hydroxylation is 2. The monoisotopic (exact) mass is 383 g/mol. The molecule has 2 heterocycles. The van der Waals surface area contributed by atoms with E-state index in [-0.39, 0.29) is 5.91 Å². The average Bonchev–Trinajstić information content (AvgIpc) is 3.16. The maximum Gasteiger partial charge on any atom is 0.254 e. The van der Waals surface area contributed by atoms with Crippen LogP contribution in [0, 0.1) is 0 Å². The summed E-state index contributed by atoms with van der Waals surface area (Å²) in [5.41, 5.74) is 8.75. The summed E-state index contributed by atoms with van der Waals surface area (Å²) in [4.78, 5) is 28.4. The van der Waals surface area contributed by atoms with E-state index < -0.39 is 5.91 Å². The number of hydrogen-bond donors (Lipinski definition) is 2. The predicted octanol–water partition coefficient (Wildman–Crippen LogP) is 2.82. The zero-order valence-electron chi connectivity index (χ0n) is 16.6. The van der Waals surface area contributed by atoms with Gasteiger partial charge >= 0.3 is 0 Å². The number of hydrogen-bond acceptors (Lipinski definition) is 4. The van der Waals surface area contributed by atoms with Gasteiger partial charge < -0.3 is 24.9 Å². The minimum Gasteiger partial charge on any atom is -0.494 e. The van der Waals surface area contributed by atoms with E-state index in [1.54, 1.807) is 10.8 Å². The Labute approximate surface area is 163 Å². The summed E-state index contributed by atoms with van der Waals surface area (Å²) in [5.74, 6) is 0.458. The van der Waals surface area contributed by atoms with E-state index in [1.807, 2.05) is 36.9 Å². The second-order valence-corrected chi connectivity index (χ2v) is 6.75. The topological polar surface area (TPSA) is 104 Å². The normalized spacial score (nSPS) is 11.0. The highest BCUT2D eigenvalue weighted by Crippen LogP contribution is 2.35. The van der Waals surface area contributed by atoms with Gasteiger partial charge in [-0.1, -0.05) is 13.3 Å². The minimum absolute atomic E-state index is 0.00689. The quantitative estimate of drug-likeness (QED) is 0.654. The Bertz CT molecular complexity index is 1050. The van der Waals surface area contributed by atoms with E-state index in [0.29, 0.717) is 34.9 Å². The number of amides is 2. The first-order valence-electron chi connectivity index (χ1n) is 9.17. The van der Waals surface area contributed by atoms with Crippen LogP contribution in [0.1, 0.15) is 36.5 Å². The lowest BCUT2D eigenvalue weighted by atomic mass is 10.2. The van der Waals surface area contributed by atoms with Gasteiger partial charge in [-0.3, -0.25) is 9.59 Å². The number of imidazole rings is 1. The van der Waals surface area contributed by atoms with Crippen molar-refractivity contribution in [1.29, 1.82) is 0 Å². The van der Waals surface area contributed by atoms with Crippen LogP contribution >= 0.6 is 0 Å². The molecule has 2 amide bonds. The number of methoxy groups -OCH3 is 1. The Morgan fingerprint density at radius 3 is 2.68 bits per heavy atom. The molecule has 8 heteroatoms. The van der Waals surface area contributed by atoms with Crippen LogP contribution in [0.25, 0.3) is 22.6 Å². The first-order valence-corrected chi connectivity index (χ1v) is 9.17. The summed E-state index contributed by atoms with van der Waals surface area (Å²) in [7, 11) is 5.20. The predicted molar refractivity (Wildman–Crippen MR) is 108 cm³/mol. The van der Waals surface area contributed by atoms with Crippen LogP contribution in [-0.2, 0) is 18.9 Å². The highest BCUT2D eigenvalue weighted by atomic mass is 16.5. The number of anilines is 1. The second kappa shape index (κ2) is 7.75. The lowest BCUT2D eigenvalue weighted by Gasteiger charge is -2.07. The van der Waals surface area contributed by atoms with Crippen LogP contribution in [0.3, 0.4) is 0 Å². The van der Waals surface area contributed by atoms with Gasteiger partial charge in [0.2, 0.25) is 5.91 Å². The van der Waals surface area contributed by atoms with Crippen molar-refractivity contribution in [2.75, 3.05) is 12.4 Å². The summed E-state index contributed by atoms with van der Waals surface area (Å²) in [6.07, 6.45) is 3.97. The third-order valence-corrected chi connectivity index (χ3v) is 4.74. The van der Waals surface area contributed by atoms with Gasteiger partial charge in [0.15, 0.2) is 11.6 Å². The number of ether oxygens (including phenoxy) is 1. The number of carbonyl (C=O) groups is 2. The van der Waals surface area contributed by atoms with Gasteiger partial charge in [-0.15, -0.1) is 0 Å². The summed E-state index contributed by atoms with van der Waals surface area (Å²) >= 11 is 0. The molecule has 0 atom stereocenters. The van der Waals surface area contributed by atoms with Crippen molar-refractivity contribution in [3.63, 3.8) is 0 Å². The van der Waals surface area contributed by atoms with E-state index in [1.165, 1.54) is 7.11 Å². The van der Waals surface area contributed by atoms with Crippen molar-refractivity contribution in [2.24, 2.45) is 19.8 Å². The van der Waals surface area contributed by atoms with E-state index in [2.05, 4.69) is 12.2 Å². The number of rotatable bonds is 7. The van der Waals surface area contributed by atoms with Gasteiger partial charge in [0, 0.05) is 32.4 Å². The van der Waals surface area contributed by atoms with Crippen molar-refractivity contribution < 1.29 is 14.3 Å². The van der Waals surface area contributed by atoms with E-state index in [0.717, 1.165) is 23.9 Å². The maximum atomic E-state index is 12.0. The van der Waals surface area contributed by atoms with E-state index in [4.69, 9.17) is 15.5 Å². The summed E-state index contributed by atoms with van der Waals surface area (Å²) in [6, 6.07) is 5.60. The van der Waals surface area contributed by atoms with Crippen LogP contribution in [0.15, 0.2) is 24.4 Å². The number of carbonyl (C=O) groups excluding carboxylic acids is 2. The van der Waals surface area contributed by atoms with Gasteiger partial charge in [0.05, 0.1) is 23.7 Å². The zero-order chi connectivity index (χ0) is 20.4. The van der Waals surface area contributed by atoms with Gasteiger partial charge in [-0.05, 0) is 24.6 Å². The molecule has 148 valence electrons. The van der Waals surface area contributed by atoms with Gasteiger partial charge in [-0.2, -0.15) is 0 Å². The molecule has 0 saturated carbocycles. The highest BCUT2D eigenvalue weighted by Gasteiger charge is 2.24. The first-order chi connectivity index (χ1) is 13.4. The number of nitrogens with two attached hydrogens (primary N) is 1. The first kappa shape index (κ1) is 19.5. The molecule has 0 fully saturated rings. The Morgan fingerprint density at radius 2 is 2.04 bits per heavy atom. The largest absolute Gasteiger partial charge is 0.494 e. The number of nitrogens with zero attached hydrogens (tertiary/aromatic N) is 3. The Hall–Kier alpha value is -3.29. The fraction of sp³-hybridized carbons (Fsp3) is 0.350. The maximum absolute atomic E-state index is 12.0. The molecule has 0 aliphatic rings. The third kappa shape index (κ3) is 3.45. The van der Waals surface area contributed by atoms with Gasteiger partial charge in [0.25, 0.3) is 5.91 Å². The van der Waals surface area contributed by atoms with Crippen LogP contribution in [0.5, 0.6) is 5.75 Å². The fourth-order valence-corrected chi connectivity index (χ4v) is 3.30. The van der Waals surface area contributed by atoms with Gasteiger partial charge in [-0.25, -0.2) is 4.98 Å². The Morgan fingerprint density at radius 1 is 1.29 bits per heavy atom. The summed E-state index contributed by atoms with van der Waals surface area (Å²) in [5, 5.41) is 2.91. The fourth-order valence-electron chi connectivity index (χ4n) is 3.30. The number of fused-ring (bicyclic) bond motifs is 1.